The van der Waals surface area contributed by atoms with Crippen molar-refractivity contribution in [3.05, 3.63) is 33.9 Å². The second-order valence-corrected chi connectivity index (χ2v) is 6.08. The maximum Gasteiger partial charge on any atom is 0.270 e. The highest BCUT2D eigenvalue weighted by atomic mass is 16.6. The summed E-state index contributed by atoms with van der Waals surface area (Å²) >= 11 is 0. The molecule has 1 saturated carbocycles. The van der Waals surface area contributed by atoms with E-state index in [2.05, 4.69) is 9.80 Å². The van der Waals surface area contributed by atoms with Crippen molar-refractivity contribution >= 4 is 17.7 Å². The first-order valence-corrected chi connectivity index (χ1v) is 7.91. The van der Waals surface area contributed by atoms with Crippen LogP contribution in [0.1, 0.15) is 36.0 Å². The first-order chi connectivity index (χ1) is 10.7. The second kappa shape index (κ2) is 6.44. The van der Waals surface area contributed by atoms with Crippen LogP contribution < -0.4 is 4.90 Å². The molecule has 6 nitrogen and oxygen atoms in total. The van der Waals surface area contributed by atoms with Gasteiger partial charge in [0, 0.05) is 55.6 Å². The highest BCUT2D eigenvalue weighted by molar-refractivity contribution is 5.86. The summed E-state index contributed by atoms with van der Waals surface area (Å²) in [5.41, 5.74) is 1.19. The van der Waals surface area contributed by atoms with Crippen LogP contribution in [-0.2, 0) is 0 Å². The molecule has 0 atom stereocenters. The van der Waals surface area contributed by atoms with E-state index in [1.807, 2.05) is 0 Å². The molecule has 0 bridgehead atoms. The summed E-state index contributed by atoms with van der Waals surface area (Å²) in [7, 11) is 0. The SMILES string of the molecule is O=Cc1cc([N+](=O)[O-])ccc1N1CCN(C2CCCC2)CC1. The Hall–Kier alpha value is -1.95. The van der Waals surface area contributed by atoms with E-state index in [-0.39, 0.29) is 5.69 Å². The summed E-state index contributed by atoms with van der Waals surface area (Å²) in [4.78, 5) is 26.3. The van der Waals surface area contributed by atoms with Crippen molar-refractivity contribution in [2.75, 3.05) is 31.1 Å². The lowest BCUT2D eigenvalue weighted by Gasteiger charge is -2.39. The largest absolute Gasteiger partial charge is 0.368 e. The molecule has 0 spiro atoms. The molecule has 1 aliphatic carbocycles. The van der Waals surface area contributed by atoms with E-state index < -0.39 is 4.92 Å². The lowest BCUT2D eigenvalue weighted by atomic mass is 10.1. The van der Waals surface area contributed by atoms with Gasteiger partial charge in [0.05, 0.1) is 4.92 Å². The van der Waals surface area contributed by atoms with Crippen LogP contribution in [0.4, 0.5) is 11.4 Å². The lowest BCUT2D eigenvalue weighted by molar-refractivity contribution is -0.384. The molecule has 0 unspecified atom stereocenters. The van der Waals surface area contributed by atoms with Crippen LogP contribution in [-0.4, -0.2) is 48.3 Å². The first-order valence-electron chi connectivity index (χ1n) is 7.91. The molecule has 1 aliphatic heterocycles. The van der Waals surface area contributed by atoms with Gasteiger partial charge in [-0.2, -0.15) is 0 Å². The van der Waals surface area contributed by atoms with Crippen molar-refractivity contribution in [3.63, 3.8) is 0 Å². The number of aldehydes is 1. The average Bonchev–Trinajstić information content (AvgIpc) is 3.09. The van der Waals surface area contributed by atoms with Gasteiger partial charge in [0.15, 0.2) is 6.29 Å². The molecule has 22 heavy (non-hydrogen) atoms. The molecule has 1 aromatic rings. The Labute approximate surface area is 129 Å². The molecule has 118 valence electrons. The van der Waals surface area contributed by atoms with Crippen LogP contribution in [0.5, 0.6) is 0 Å². The standard InChI is InChI=1S/C16H21N3O3/c20-12-13-11-15(19(21)22)5-6-16(13)18-9-7-17(8-10-18)14-3-1-2-4-14/h5-6,11-12,14H,1-4,7-10H2. The predicted molar refractivity (Wildman–Crippen MR) is 84.5 cm³/mol. The van der Waals surface area contributed by atoms with Crippen molar-refractivity contribution in [1.29, 1.82) is 0 Å². The fraction of sp³-hybridized carbons (Fsp3) is 0.562. The molecule has 1 saturated heterocycles. The third-order valence-corrected chi connectivity index (χ3v) is 4.84. The van der Waals surface area contributed by atoms with E-state index in [9.17, 15) is 14.9 Å². The number of piperazine rings is 1. The topological polar surface area (TPSA) is 66.7 Å². The Morgan fingerprint density at radius 3 is 2.41 bits per heavy atom. The molecule has 6 heteroatoms. The van der Waals surface area contributed by atoms with E-state index in [0.717, 1.165) is 37.9 Å². The Morgan fingerprint density at radius 1 is 1.14 bits per heavy atom. The number of hydrogen-bond acceptors (Lipinski definition) is 5. The number of nitro benzene ring substituents is 1. The van der Waals surface area contributed by atoms with Gasteiger partial charge in [0.25, 0.3) is 5.69 Å². The summed E-state index contributed by atoms with van der Waals surface area (Å²) < 4.78 is 0. The van der Waals surface area contributed by atoms with Crippen molar-refractivity contribution in [2.45, 2.75) is 31.7 Å². The third-order valence-electron chi connectivity index (χ3n) is 4.84. The van der Waals surface area contributed by atoms with Crippen LogP contribution in [0, 0.1) is 10.1 Å². The quantitative estimate of drug-likeness (QED) is 0.485. The van der Waals surface area contributed by atoms with Crippen LogP contribution >= 0.6 is 0 Å². The zero-order chi connectivity index (χ0) is 15.5. The second-order valence-electron chi connectivity index (χ2n) is 6.08. The van der Waals surface area contributed by atoms with Gasteiger partial charge in [-0.1, -0.05) is 12.8 Å². The van der Waals surface area contributed by atoms with Crippen molar-refractivity contribution < 1.29 is 9.72 Å². The number of benzene rings is 1. The minimum Gasteiger partial charge on any atom is -0.368 e. The van der Waals surface area contributed by atoms with E-state index in [1.54, 1.807) is 6.07 Å². The normalized spacial score (nSPS) is 20.3. The van der Waals surface area contributed by atoms with Crippen molar-refractivity contribution in [3.8, 4) is 0 Å². The molecular formula is C16H21N3O3. The predicted octanol–water partition coefficient (Wildman–Crippen LogP) is 2.47. The maximum absolute atomic E-state index is 11.3. The molecule has 0 radical (unpaired) electrons. The van der Waals surface area contributed by atoms with E-state index >= 15 is 0 Å². The molecule has 1 aromatic carbocycles. The van der Waals surface area contributed by atoms with Crippen LogP contribution in [0.25, 0.3) is 0 Å². The van der Waals surface area contributed by atoms with Crippen molar-refractivity contribution in [2.24, 2.45) is 0 Å². The zero-order valence-corrected chi connectivity index (χ0v) is 12.6. The average molecular weight is 303 g/mol. The third kappa shape index (κ3) is 2.97. The summed E-state index contributed by atoms with van der Waals surface area (Å²) in [6.45, 7) is 3.74. The summed E-state index contributed by atoms with van der Waals surface area (Å²) in [5.74, 6) is 0. The molecule has 3 rings (SSSR count). The van der Waals surface area contributed by atoms with E-state index in [1.165, 1.54) is 37.8 Å². The highest BCUT2D eigenvalue weighted by Gasteiger charge is 2.27. The van der Waals surface area contributed by atoms with Crippen LogP contribution in [0.15, 0.2) is 18.2 Å². The smallest absolute Gasteiger partial charge is 0.270 e. The minimum atomic E-state index is -0.463. The number of carbonyl (C=O) groups excluding carboxylic acids is 1. The van der Waals surface area contributed by atoms with Gasteiger partial charge in [0.2, 0.25) is 0 Å². The Bertz CT molecular complexity index is 562. The monoisotopic (exact) mass is 303 g/mol. The highest BCUT2D eigenvalue weighted by Crippen LogP contribution is 2.28. The zero-order valence-electron chi connectivity index (χ0n) is 12.6. The van der Waals surface area contributed by atoms with Gasteiger partial charge in [-0.05, 0) is 18.9 Å². The summed E-state index contributed by atoms with van der Waals surface area (Å²) in [6, 6.07) is 5.27. The van der Waals surface area contributed by atoms with Crippen molar-refractivity contribution in [1.82, 2.24) is 4.90 Å². The van der Waals surface area contributed by atoms with E-state index in [4.69, 9.17) is 0 Å². The fourth-order valence-electron chi connectivity index (χ4n) is 3.64. The number of nitro groups is 1. The Balaban J connectivity index is 1.70. The Morgan fingerprint density at radius 2 is 1.82 bits per heavy atom. The molecule has 2 aliphatic rings. The van der Waals surface area contributed by atoms with Gasteiger partial charge in [-0.25, -0.2) is 0 Å². The van der Waals surface area contributed by atoms with Gasteiger partial charge >= 0.3 is 0 Å². The van der Waals surface area contributed by atoms with Crippen LogP contribution in [0.2, 0.25) is 0 Å². The number of hydrogen-bond donors (Lipinski definition) is 0. The molecular weight excluding hydrogens is 282 g/mol. The molecule has 0 aromatic heterocycles. The van der Waals surface area contributed by atoms with Crippen LogP contribution in [0.3, 0.4) is 0 Å². The summed E-state index contributed by atoms with van der Waals surface area (Å²) in [6.07, 6.45) is 5.99. The van der Waals surface area contributed by atoms with E-state index in [0.29, 0.717) is 11.8 Å². The van der Waals surface area contributed by atoms with Gasteiger partial charge in [0.1, 0.15) is 0 Å². The number of anilines is 1. The minimum absolute atomic E-state index is 0.0320. The maximum atomic E-state index is 11.3. The molecule has 1 heterocycles. The number of rotatable bonds is 4. The molecule has 2 fully saturated rings. The fourth-order valence-corrected chi connectivity index (χ4v) is 3.64. The Kier molecular flexibility index (Phi) is 4.38. The molecule has 0 N–H and O–H groups in total. The van der Waals surface area contributed by atoms with Gasteiger partial charge in [-0.3, -0.25) is 19.8 Å². The van der Waals surface area contributed by atoms with Gasteiger partial charge in [-0.15, -0.1) is 0 Å². The number of non-ortho nitro benzene ring substituents is 1. The lowest BCUT2D eigenvalue weighted by Crippen LogP contribution is -2.50. The summed E-state index contributed by atoms with van der Waals surface area (Å²) in [5, 5.41) is 10.8. The number of nitrogens with zero attached hydrogens (tertiary/aromatic N) is 3. The first kappa shape index (κ1) is 15.0. The molecule has 0 amide bonds. The number of carbonyl (C=O) groups is 1. The van der Waals surface area contributed by atoms with Gasteiger partial charge < -0.3 is 4.90 Å².